The van der Waals surface area contributed by atoms with Crippen LogP contribution in [-0.4, -0.2) is 0 Å². The Hall–Kier alpha value is -9.28. The smallest absolute Gasteiger partial charge is 0.0998 e. The van der Waals surface area contributed by atoms with Crippen molar-refractivity contribution in [3.05, 3.63) is 248 Å². The van der Waals surface area contributed by atoms with Crippen LogP contribution in [0.25, 0.3) is 99.4 Å². The van der Waals surface area contributed by atoms with E-state index in [1.165, 1.54) is 66.1 Å². The van der Waals surface area contributed by atoms with Crippen molar-refractivity contribution >= 4 is 38.6 Å². The third kappa shape index (κ3) is 6.57. The molecule has 1 aliphatic carbocycles. The molecule has 3 nitrogen and oxygen atoms in total. The summed E-state index contributed by atoms with van der Waals surface area (Å²) in [6.07, 6.45) is 0. The Morgan fingerprint density at radius 2 is 0.687 bits per heavy atom. The Labute approximate surface area is 390 Å². The fraction of sp³-hybridized carbons (Fsp3) is 0. The number of para-hydroxylation sites is 1. The molecule has 0 N–H and O–H groups in total. The highest BCUT2D eigenvalue weighted by molar-refractivity contribution is 6.28. The predicted octanol–water partition coefficient (Wildman–Crippen LogP) is 17.2. The SMILES string of the molecule is N#Cc1ccccc1-c1cc(-c2ccccc2C#N)cc(N(c2ccccc2)c2cccc(-c3ccc4c5c(cccc35)-c3c-4c(-c4ccccc4)c4ccccc4c3-c3ccccc3)c2)c1. The summed E-state index contributed by atoms with van der Waals surface area (Å²) in [6.45, 7) is 0. The molecule has 310 valence electrons. The van der Waals surface area contributed by atoms with Crippen LogP contribution < -0.4 is 4.90 Å². The molecule has 11 aromatic carbocycles. The molecule has 0 aromatic heterocycles. The molecular formula is C64H39N3. The fourth-order valence-electron chi connectivity index (χ4n) is 10.4. The molecular weight excluding hydrogens is 811 g/mol. The number of nitrogens with zero attached hydrogens (tertiary/aromatic N) is 3. The van der Waals surface area contributed by atoms with Crippen molar-refractivity contribution in [2.75, 3.05) is 4.90 Å². The highest BCUT2D eigenvalue weighted by Gasteiger charge is 2.31. The van der Waals surface area contributed by atoms with Crippen LogP contribution in [0, 0.1) is 22.7 Å². The molecule has 0 heterocycles. The Bertz CT molecular complexity index is 3650. The molecule has 0 saturated heterocycles. The van der Waals surface area contributed by atoms with E-state index in [-0.39, 0.29) is 0 Å². The van der Waals surface area contributed by atoms with E-state index in [1.54, 1.807) is 0 Å². The summed E-state index contributed by atoms with van der Waals surface area (Å²) >= 11 is 0. The van der Waals surface area contributed by atoms with Gasteiger partial charge < -0.3 is 4.90 Å². The van der Waals surface area contributed by atoms with Crippen molar-refractivity contribution in [3.8, 4) is 90.0 Å². The average molecular weight is 850 g/mol. The molecule has 12 rings (SSSR count). The first-order chi connectivity index (χ1) is 33.2. The topological polar surface area (TPSA) is 50.8 Å². The average Bonchev–Trinajstić information content (AvgIpc) is 3.73. The maximum atomic E-state index is 10.3. The van der Waals surface area contributed by atoms with Gasteiger partial charge in [0.25, 0.3) is 0 Å². The van der Waals surface area contributed by atoms with Gasteiger partial charge in [0.1, 0.15) is 0 Å². The van der Waals surface area contributed by atoms with Gasteiger partial charge in [-0.3, -0.25) is 0 Å². The predicted molar refractivity (Wildman–Crippen MR) is 277 cm³/mol. The quantitative estimate of drug-likeness (QED) is 0.153. The van der Waals surface area contributed by atoms with E-state index in [9.17, 15) is 10.5 Å². The number of anilines is 3. The van der Waals surface area contributed by atoms with Gasteiger partial charge in [0, 0.05) is 17.1 Å². The second-order valence-electron chi connectivity index (χ2n) is 17.0. The molecule has 11 aromatic rings. The van der Waals surface area contributed by atoms with Gasteiger partial charge in [-0.25, -0.2) is 0 Å². The maximum absolute atomic E-state index is 10.3. The van der Waals surface area contributed by atoms with E-state index in [2.05, 4.69) is 199 Å². The second kappa shape index (κ2) is 16.4. The van der Waals surface area contributed by atoms with Crippen LogP contribution in [0.5, 0.6) is 0 Å². The molecule has 0 bridgehead atoms. The summed E-state index contributed by atoms with van der Waals surface area (Å²) in [7, 11) is 0. The Balaban J connectivity index is 1.08. The van der Waals surface area contributed by atoms with E-state index in [0.29, 0.717) is 11.1 Å². The summed E-state index contributed by atoms with van der Waals surface area (Å²) in [5.41, 5.74) is 19.7. The molecule has 0 spiro atoms. The number of fused-ring (bicyclic) bond motifs is 4. The first-order valence-corrected chi connectivity index (χ1v) is 22.5. The van der Waals surface area contributed by atoms with E-state index in [4.69, 9.17) is 0 Å². The molecule has 1 aliphatic rings. The molecule has 0 amide bonds. The van der Waals surface area contributed by atoms with Crippen molar-refractivity contribution in [2.24, 2.45) is 0 Å². The first kappa shape index (κ1) is 39.3. The van der Waals surface area contributed by atoms with Crippen LogP contribution in [0.1, 0.15) is 11.1 Å². The van der Waals surface area contributed by atoms with Gasteiger partial charge in [0.15, 0.2) is 0 Å². The zero-order valence-corrected chi connectivity index (χ0v) is 36.4. The van der Waals surface area contributed by atoms with Gasteiger partial charge in [0.2, 0.25) is 0 Å². The van der Waals surface area contributed by atoms with Crippen LogP contribution in [0.3, 0.4) is 0 Å². The minimum absolute atomic E-state index is 0.585. The number of hydrogen-bond donors (Lipinski definition) is 0. The van der Waals surface area contributed by atoms with Crippen LogP contribution in [0.15, 0.2) is 237 Å². The minimum Gasteiger partial charge on any atom is -0.310 e. The summed E-state index contributed by atoms with van der Waals surface area (Å²) in [4.78, 5) is 2.28. The van der Waals surface area contributed by atoms with Crippen LogP contribution in [0.4, 0.5) is 17.1 Å². The monoisotopic (exact) mass is 849 g/mol. The molecule has 0 atom stereocenters. The van der Waals surface area contributed by atoms with Gasteiger partial charge in [-0.2, -0.15) is 10.5 Å². The van der Waals surface area contributed by atoms with Gasteiger partial charge in [-0.05, 0) is 154 Å². The molecule has 0 fully saturated rings. The standard InChI is InChI=1S/C64H39N3/c65-40-45-22-10-12-28-52(45)47-36-48(53-29-13-11-23-46(53)41-66)39-51(38-47)67(49-25-8-3-9-26-49)50-27-16-24-44(37-50)54-34-35-59-62-55(54)32-17-33-58(62)63-60(42-18-4-1-5-19-42)56-30-14-15-31-57(56)61(64(59)63)43-20-6-2-7-21-43/h1-39H. The van der Waals surface area contributed by atoms with E-state index in [0.717, 1.165) is 50.4 Å². The van der Waals surface area contributed by atoms with Crippen molar-refractivity contribution in [3.63, 3.8) is 0 Å². The molecule has 3 heteroatoms. The molecule has 0 saturated carbocycles. The lowest BCUT2D eigenvalue weighted by Gasteiger charge is -2.27. The normalized spacial score (nSPS) is 11.3. The number of rotatable bonds is 8. The summed E-state index contributed by atoms with van der Waals surface area (Å²) in [6, 6.07) is 87.9. The third-order valence-corrected chi connectivity index (χ3v) is 13.2. The first-order valence-electron chi connectivity index (χ1n) is 22.5. The second-order valence-corrected chi connectivity index (χ2v) is 17.0. The van der Waals surface area contributed by atoms with E-state index >= 15 is 0 Å². The third-order valence-electron chi connectivity index (χ3n) is 13.2. The summed E-state index contributed by atoms with van der Waals surface area (Å²) in [5, 5.41) is 25.5. The Morgan fingerprint density at radius 3 is 1.27 bits per heavy atom. The van der Waals surface area contributed by atoms with Crippen molar-refractivity contribution < 1.29 is 0 Å². The largest absolute Gasteiger partial charge is 0.310 e. The fourth-order valence-corrected chi connectivity index (χ4v) is 10.4. The number of hydrogen-bond acceptors (Lipinski definition) is 3. The Morgan fingerprint density at radius 1 is 0.269 bits per heavy atom. The maximum Gasteiger partial charge on any atom is 0.0998 e. The number of benzene rings is 11. The molecule has 0 unspecified atom stereocenters. The summed E-state index contributed by atoms with van der Waals surface area (Å²) in [5.74, 6) is 0. The van der Waals surface area contributed by atoms with Gasteiger partial charge in [-0.1, -0.05) is 182 Å². The molecule has 0 aliphatic heterocycles. The number of nitriles is 2. The van der Waals surface area contributed by atoms with Crippen LogP contribution in [0.2, 0.25) is 0 Å². The zero-order valence-electron chi connectivity index (χ0n) is 36.4. The molecule has 0 radical (unpaired) electrons. The Kier molecular flexibility index (Phi) is 9.61. The van der Waals surface area contributed by atoms with Gasteiger partial charge in [0.05, 0.1) is 23.3 Å². The summed E-state index contributed by atoms with van der Waals surface area (Å²) < 4.78 is 0. The highest BCUT2D eigenvalue weighted by Crippen LogP contribution is 2.58. The van der Waals surface area contributed by atoms with Crippen molar-refractivity contribution in [1.29, 1.82) is 10.5 Å². The lowest BCUT2D eigenvalue weighted by atomic mass is 9.82. The van der Waals surface area contributed by atoms with Gasteiger partial charge >= 0.3 is 0 Å². The van der Waals surface area contributed by atoms with Crippen LogP contribution in [-0.2, 0) is 0 Å². The van der Waals surface area contributed by atoms with Crippen molar-refractivity contribution in [1.82, 2.24) is 0 Å². The van der Waals surface area contributed by atoms with Crippen molar-refractivity contribution in [2.45, 2.75) is 0 Å². The highest BCUT2D eigenvalue weighted by atomic mass is 15.1. The minimum atomic E-state index is 0.585. The zero-order chi connectivity index (χ0) is 44.8. The lowest BCUT2D eigenvalue weighted by Crippen LogP contribution is -2.10. The van der Waals surface area contributed by atoms with E-state index < -0.39 is 0 Å². The lowest BCUT2D eigenvalue weighted by molar-refractivity contribution is 1.28. The molecule has 67 heavy (non-hydrogen) atoms. The van der Waals surface area contributed by atoms with Crippen LogP contribution >= 0.6 is 0 Å². The van der Waals surface area contributed by atoms with E-state index in [1.807, 2.05) is 54.6 Å². The van der Waals surface area contributed by atoms with Gasteiger partial charge in [-0.15, -0.1) is 0 Å².